The average Bonchev–Trinajstić information content (AvgIpc) is 3.47. The summed E-state index contributed by atoms with van der Waals surface area (Å²) in [6.45, 7) is 8.58. The summed E-state index contributed by atoms with van der Waals surface area (Å²) in [5.74, 6) is 0.184. The predicted molar refractivity (Wildman–Crippen MR) is 132 cm³/mol. The lowest BCUT2D eigenvalue weighted by molar-refractivity contribution is -0.137. The summed E-state index contributed by atoms with van der Waals surface area (Å²) < 4.78 is 20.2. The van der Waals surface area contributed by atoms with Gasteiger partial charge in [0.05, 0.1) is 11.4 Å². The summed E-state index contributed by atoms with van der Waals surface area (Å²) in [6.07, 6.45) is 5.71. The molecule has 2 fully saturated rings. The first-order chi connectivity index (χ1) is 16.5. The van der Waals surface area contributed by atoms with Crippen molar-refractivity contribution in [3.63, 3.8) is 0 Å². The summed E-state index contributed by atoms with van der Waals surface area (Å²) in [5.41, 5.74) is 3.02. The molecular weight excluding hydrogens is 447 g/mol. The van der Waals surface area contributed by atoms with Gasteiger partial charge in [-0.25, -0.2) is 4.39 Å². The second-order valence-corrected chi connectivity index (χ2v) is 11.8. The Morgan fingerprint density at radius 3 is 2.54 bits per heavy atom. The van der Waals surface area contributed by atoms with Crippen LogP contribution < -0.4 is 5.32 Å². The van der Waals surface area contributed by atoms with Gasteiger partial charge in [-0.2, -0.15) is 0 Å². The Kier molecular flexibility index (Phi) is 7.34. The summed E-state index contributed by atoms with van der Waals surface area (Å²) in [4.78, 5) is 24.2. The lowest BCUT2D eigenvalue weighted by Crippen LogP contribution is -2.26. The van der Waals surface area contributed by atoms with E-state index in [1.807, 2.05) is 0 Å². The van der Waals surface area contributed by atoms with Crippen molar-refractivity contribution in [2.45, 2.75) is 96.8 Å². The van der Waals surface area contributed by atoms with Gasteiger partial charge in [0.25, 0.3) is 0 Å². The van der Waals surface area contributed by atoms with Gasteiger partial charge in [-0.3, -0.25) is 9.59 Å². The van der Waals surface area contributed by atoms with Gasteiger partial charge in [-0.1, -0.05) is 32.0 Å². The number of amides is 1. The molecule has 2 saturated carbocycles. The molecule has 190 valence electrons. The van der Waals surface area contributed by atoms with Gasteiger partial charge in [-0.05, 0) is 80.4 Å². The van der Waals surface area contributed by atoms with Crippen LogP contribution in [0.25, 0.3) is 0 Å². The molecular formula is C28H37FN2O4. The number of rotatable bonds is 10. The summed E-state index contributed by atoms with van der Waals surface area (Å²) in [6, 6.07) is 4.66. The third-order valence-corrected chi connectivity index (χ3v) is 7.20. The molecule has 0 bridgehead atoms. The molecule has 4 rings (SSSR count). The van der Waals surface area contributed by atoms with Crippen LogP contribution >= 0.6 is 0 Å². The fourth-order valence-corrected chi connectivity index (χ4v) is 5.46. The van der Waals surface area contributed by atoms with Crippen LogP contribution in [0, 0.1) is 24.1 Å². The van der Waals surface area contributed by atoms with Crippen LogP contribution in [0.3, 0.4) is 0 Å². The number of aromatic nitrogens is 1. The number of hydrogen-bond acceptors (Lipinski definition) is 4. The van der Waals surface area contributed by atoms with Crippen LogP contribution in [-0.2, 0) is 9.59 Å². The molecule has 0 aliphatic heterocycles. The Morgan fingerprint density at radius 2 is 1.94 bits per heavy atom. The third-order valence-electron chi connectivity index (χ3n) is 7.20. The van der Waals surface area contributed by atoms with Gasteiger partial charge < -0.3 is 14.9 Å². The van der Waals surface area contributed by atoms with Crippen molar-refractivity contribution in [3.05, 3.63) is 46.6 Å². The summed E-state index contributed by atoms with van der Waals surface area (Å²) in [5, 5.41) is 16.4. The maximum Gasteiger partial charge on any atom is 0.303 e. The number of aliphatic carboxylic acids is 1. The number of carboxylic acids is 1. The zero-order chi connectivity index (χ0) is 25.3. The molecule has 1 heterocycles. The molecule has 35 heavy (non-hydrogen) atoms. The second-order valence-electron chi connectivity index (χ2n) is 11.8. The number of carboxylic acid groups (broad SMARTS) is 1. The standard InChI is InChI=1S/C28H37FN2O4/c1-16-5-9-22(21(29)11-16)30-23(32)14-19(8-10-24(33)34)26-25(18-6-7-18)27(35-31-26)20-12-17(13-20)15-28(2,3)4/h5,9,11,17-20H,6-8,10,12-15H2,1-4H3,(H,30,32)(H,33,34)/t17?,19-,20?/m0/s1. The zero-order valence-corrected chi connectivity index (χ0v) is 21.2. The van der Waals surface area contributed by atoms with Gasteiger partial charge in [0.1, 0.15) is 11.6 Å². The number of carbonyl (C=O) groups excluding carboxylic acids is 1. The van der Waals surface area contributed by atoms with E-state index in [1.165, 1.54) is 12.5 Å². The maximum absolute atomic E-state index is 14.3. The Morgan fingerprint density at radius 1 is 1.23 bits per heavy atom. The van der Waals surface area contributed by atoms with Gasteiger partial charge in [0, 0.05) is 30.2 Å². The van der Waals surface area contributed by atoms with Crippen molar-refractivity contribution >= 4 is 17.6 Å². The van der Waals surface area contributed by atoms with E-state index < -0.39 is 17.7 Å². The average molecular weight is 485 g/mol. The molecule has 1 amide bonds. The zero-order valence-electron chi connectivity index (χ0n) is 21.2. The number of nitrogens with zero attached hydrogens (tertiary/aromatic N) is 1. The monoisotopic (exact) mass is 484 g/mol. The van der Waals surface area contributed by atoms with Crippen LogP contribution in [0.2, 0.25) is 0 Å². The van der Waals surface area contributed by atoms with E-state index in [2.05, 4.69) is 31.2 Å². The number of nitrogens with one attached hydrogen (secondary N) is 1. The molecule has 0 spiro atoms. The van der Waals surface area contributed by atoms with E-state index in [-0.39, 0.29) is 30.9 Å². The number of benzene rings is 1. The minimum absolute atomic E-state index is 0.0314. The Labute approximate surface area is 206 Å². The summed E-state index contributed by atoms with van der Waals surface area (Å²) in [7, 11) is 0. The molecule has 0 unspecified atom stereocenters. The lowest BCUT2D eigenvalue weighted by Gasteiger charge is -2.38. The minimum atomic E-state index is -0.916. The van der Waals surface area contributed by atoms with E-state index in [1.54, 1.807) is 19.1 Å². The third kappa shape index (κ3) is 6.50. The maximum atomic E-state index is 14.3. The van der Waals surface area contributed by atoms with Crippen molar-refractivity contribution in [1.29, 1.82) is 0 Å². The fourth-order valence-electron chi connectivity index (χ4n) is 5.46. The molecule has 1 atom stereocenters. The molecule has 2 aromatic rings. The van der Waals surface area contributed by atoms with Gasteiger partial charge in [-0.15, -0.1) is 0 Å². The van der Waals surface area contributed by atoms with Gasteiger partial charge in [0.15, 0.2) is 0 Å². The van der Waals surface area contributed by atoms with Crippen LogP contribution in [0.1, 0.15) is 112 Å². The second kappa shape index (κ2) is 10.1. The molecule has 7 heteroatoms. The normalized spacial score (nSPS) is 20.8. The number of halogens is 1. The number of hydrogen-bond donors (Lipinski definition) is 2. The summed E-state index contributed by atoms with van der Waals surface area (Å²) >= 11 is 0. The fraction of sp³-hybridized carbons (Fsp3) is 0.607. The largest absolute Gasteiger partial charge is 0.481 e. The quantitative estimate of drug-likeness (QED) is 0.382. The van der Waals surface area contributed by atoms with Crippen molar-refractivity contribution < 1.29 is 23.6 Å². The molecule has 2 N–H and O–H groups in total. The van der Waals surface area contributed by atoms with Crippen LogP contribution in [0.5, 0.6) is 0 Å². The first kappa shape index (κ1) is 25.4. The van der Waals surface area contributed by atoms with E-state index in [0.717, 1.165) is 48.3 Å². The Hall–Kier alpha value is -2.70. The van der Waals surface area contributed by atoms with Gasteiger partial charge >= 0.3 is 5.97 Å². The smallest absolute Gasteiger partial charge is 0.303 e. The highest BCUT2D eigenvalue weighted by Gasteiger charge is 2.42. The molecule has 2 aliphatic rings. The minimum Gasteiger partial charge on any atom is -0.481 e. The highest BCUT2D eigenvalue weighted by Crippen LogP contribution is 2.53. The predicted octanol–water partition coefficient (Wildman–Crippen LogP) is 6.91. The number of aryl methyl sites for hydroxylation is 1. The first-order valence-corrected chi connectivity index (χ1v) is 12.8. The molecule has 1 aromatic heterocycles. The first-order valence-electron chi connectivity index (χ1n) is 12.8. The molecule has 0 saturated heterocycles. The van der Waals surface area contributed by atoms with Crippen molar-refractivity contribution in [3.8, 4) is 0 Å². The van der Waals surface area contributed by atoms with Crippen molar-refractivity contribution in [2.24, 2.45) is 11.3 Å². The van der Waals surface area contributed by atoms with E-state index in [9.17, 15) is 19.1 Å². The molecule has 0 radical (unpaired) electrons. The van der Waals surface area contributed by atoms with Crippen LogP contribution in [0.15, 0.2) is 22.7 Å². The van der Waals surface area contributed by atoms with E-state index in [4.69, 9.17) is 4.52 Å². The van der Waals surface area contributed by atoms with Crippen molar-refractivity contribution in [1.82, 2.24) is 5.16 Å². The Balaban J connectivity index is 1.51. The number of carbonyl (C=O) groups is 2. The lowest BCUT2D eigenvalue weighted by atomic mass is 9.66. The topological polar surface area (TPSA) is 92.4 Å². The molecule has 1 aromatic carbocycles. The van der Waals surface area contributed by atoms with E-state index in [0.29, 0.717) is 23.2 Å². The molecule has 2 aliphatic carbocycles. The Bertz CT molecular complexity index is 1080. The molecule has 6 nitrogen and oxygen atoms in total. The highest BCUT2D eigenvalue weighted by atomic mass is 19.1. The van der Waals surface area contributed by atoms with Crippen LogP contribution in [-0.4, -0.2) is 22.1 Å². The van der Waals surface area contributed by atoms with Crippen molar-refractivity contribution in [2.75, 3.05) is 5.32 Å². The highest BCUT2D eigenvalue weighted by molar-refractivity contribution is 5.91. The SMILES string of the molecule is Cc1ccc(NC(=O)C[C@H](CCC(=O)O)c2noc(C3CC(CC(C)(C)C)C3)c2C2CC2)c(F)c1. The van der Waals surface area contributed by atoms with Gasteiger partial charge in [0.2, 0.25) is 5.91 Å². The van der Waals surface area contributed by atoms with E-state index >= 15 is 0 Å². The number of anilines is 1. The van der Waals surface area contributed by atoms with Crippen LogP contribution in [0.4, 0.5) is 10.1 Å².